The second kappa shape index (κ2) is 8.29. The molecule has 0 unspecified atom stereocenters. The lowest BCUT2D eigenvalue weighted by molar-refractivity contribution is 0.198. The summed E-state index contributed by atoms with van der Waals surface area (Å²) in [5, 5.41) is 20.1. The first-order valence-corrected chi connectivity index (χ1v) is 8.26. The van der Waals surface area contributed by atoms with Gasteiger partial charge in [-0.3, -0.25) is 0 Å². The minimum Gasteiger partial charge on any atom is -0.493 e. The fourth-order valence-corrected chi connectivity index (χ4v) is 2.85. The topological polar surface area (TPSA) is 77.4 Å². The largest absolute Gasteiger partial charge is 0.493 e. The van der Waals surface area contributed by atoms with E-state index in [4.69, 9.17) is 18.9 Å². The second-order valence-corrected chi connectivity index (χ2v) is 5.96. The first-order chi connectivity index (χ1) is 12.4. The number of aliphatic hydroxyl groups is 2. The zero-order chi connectivity index (χ0) is 19.4. The summed E-state index contributed by atoms with van der Waals surface area (Å²) >= 11 is 0. The normalized spacial score (nSPS) is 13.1. The molecule has 2 rings (SSSR count). The molecule has 0 amide bonds. The molecule has 6 heteroatoms. The van der Waals surface area contributed by atoms with Gasteiger partial charge in [-0.05, 0) is 49.2 Å². The van der Waals surface area contributed by atoms with Gasteiger partial charge in [-0.1, -0.05) is 0 Å². The van der Waals surface area contributed by atoms with Crippen LogP contribution in [0.2, 0.25) is 0 Å². The summed E-state index contributed by atoms with van der Waals surface area (Å²) in [7, 11) is 6.17. The Kier molecular flexibility index (Phi) is 6.34. The molecule has 2 N–H and O–H groups in total. The maximum Gasteiger partial charge on any atom is 0.168 e. The van der Waals surface area contributed by atoms with Crippen LogP contribution in [0.3, 0.4) is 0 Å². The van der Waals surface area contributed by atoms with Gasteiger partial charge in [0, 0.05) is 11.1 Å². The van der Waals surface area contributed by atoms with Crippen molar-refractivity contribution in [1.82, 2.24) is 0 Å². The van der Waals surface area contributed by atoms with Crippen molar-refractivity contribution in [1.29, 1.82) is 0 Å². The minimum atomic E-state index is -0.693. The molecule has 2 aromatic carbocycles. The van der Waals surface area contributed by atoms with Crippen LogP contribution in [0.15, 0.2) is 24.3 Å². The highest BCUT2D eigenvalue weighted by molar-refractivity contribution is 5.82. The third kappa shape index (κ3) is 3.71. The van der Waals surface area contributed by atoms with Crippen LogP contribution < -0.4 is 18.9 Å². The highest BCUT2D eigenvalue weighted by Crippen LogP contribution is 2.47. The average molecular weight is 362 g/mol. The van der Waals surface area contributed by atoms with Gasteiger partial charge >= 0.3 is 0 Å². The minimum absolute atomic E-state index is 0.490. The molecule has 2 atom stereocenters. The monoisotopic (exact) mass is 362 g/mol. The number of benzene rings is 2. The maximum atomic E-state index is 10.1. The van der Waals surface area contributed by atoms with E-state index in [1.54, 1.807) is 40.2 Å². The van der Waals surface area contributed by atoms with Gasteiger partial charge in [0.1, 0.15) is 0 Å². The predicted molar refractivity (Wildman–Crippen MR) is 99.4 cm³/mol. The molecular formula is C20H26O6. The zero-order valence-electron chi connectivity index (χ0n) is 16.0. The Bertz CT molecular complexity index is 702. The Morgan fingerprint density at radius 2 is 0.962 bits per heavy atom. The third-order valence-corrected chi connectivity index (χ3v) is 4.26. The van der Waals surface area contributed by atoms with Crippen LogP contribution in [0.5, 0.6) is 23.0 Å². The van der Waals surface area contributed by atoms with Crippen LogP contribution in [0.4, 0.5) is 0 Å². The van der Waals surface area contributed by atoms with Gasteiger partial charge in [-0.15, -0.1) is 0 Å². The molecular weight excluding hydrogens is 336 g/mol. The van der Waals surface area contributed by atoms with Gasteiger partial charge in [-0.25, -0.2) is 0 Å². The maximum absolute atomic E-state index is 10.1. The first kappa shape index (κ1) is 19.9. The van der Waals surface area contributed by atoms with Gasteiger partial charge in [0.25, 0.3) is 0 Å². The Labute approximate surface area is 153 Å². The molecule has 0 heterocycles. The number of aliphatic hydroxyl groups excluding tert-OH is 2. The average Bonchev–Trinajstić information content (AvgIpc) is 2.65. The molecule has 0 aliphatic rings. The summed E-state index contributed by atoms with van der Waals surface area (Å²) in [5.41, 5.74) is 2.67. The van der Waals surface area contributed by atoms with Crippen molar-refractivity contribution >= 4 is 0 Å². The number of hydrogen-bond acceptors (Lipinski definition) is 6. The molecule has 0 saturated carbocycles. The van der Waals surface area contributed by atoms with Crippen LogP contribution in [-0.4, -0.2) is 38.7 Å². The van der Waals surface area contributed by atoms with Gasteiger partial charge in [0.2, 0.25) is 0 Å². The molecule has 26 heavy (non-hydrogen) atoms. The predicted octanol–water partition coefficient (Wildman–Crippen LogP) is 3.49. The van der Waals surface area contributed by atoms with Crippen LogP contribution in [0.1, 0.15) is 37.2 Å². The van der Waals surface area contributed by atoms with E-state index in [2.05, 4.69) is 0 Å². The van der Waals surface area contributed by atoms with Crippen molar-refractivity contribution in [3.05, 3.63) is 35.4 Å². The standard InChI is InChI=1S/C20H26O6/c1-11(21)13-7-15(19(25-5)17(9-13)23-3)16-8-14(12(2)22)10-18(24-4)20(16)26-6/h7-12,21-22H,1-6H3/t11-,12+. The van der Waals surface area contributed by atoms with Crippen molar-refractivity contribution in [3.8, 4) is 34.1 Å². The Morgan fingerprint density at radius 1 is 0.615 bits per heavy atom. The molecule has 0 aliphatic carbocycles. The van der Waals surface area contributed by atoms with E-state index in [1.807, 2.05) is 12.1 Å². The van der Waals surface area contributed by atoms with Crippen molar-refractivity contribution in [3.63, 3.8) is 0 Å². The molecule has 0 bridgehead atoms. The molecule has 0 aromatic heterocycles. The van der Waals surface area contributed by atoms with E-state index in [-0.39, 0.29) is 0 Å². The van der Waals surface area contributed by atoms with Crippen molar-refractivity contribution in [2.45, 2.75) is 26.1 Å². The Morgan fingerprint density at radius 3 is 1.19 bits per heavy atom. The van der Waals surface area contributed by atoms with Crippen LogP contribution in [0.25, 0.3) is 11.1 Å². The van der Waals surface area contributed by atoms with Gasteiger partial charge in [-0.2, -0.15) is 0 Å². The number of rotatable bonds is 7. The van der Waals surface area contributed by atoms with Crippen molar-refractivity contribution in [2.75, 3.05) is 28.4 Å². The lowest BCUT2D eigenvalue weighted by Crippen LogP contribution is -2.02. The van der Waals surface area contributed by atoms with Crippen LogP contribution in [-0.2, 0) is 0 Å². The van der Waals surface area contributed by atoms with E-state index in [0.29, 0.717) is 45.3 Å². The van der Waals surface area contributed by atoms with Crippen LogP contribution in [0, 0.1) is 0 Å². The Hall–Kier alpha value is -2.44. The molecule has 6 nitrogen and oxygen atoms in total. The fourth-order valence-electron chi connectivity index (χ4n) is 2.85. The summed E-state index contributed by atoms with van der Waals surface area (Å²) in [6.45, 7) is 3.35. The van der Waals surface area contributed by atoms with E-state index in [9.17, 15) is 10.2 Å². The van der Waals surface area contributed by atoms with E-state index in [0.717, 1.165) is 0 Å². The lowest BCUT2D eigenvalue weighted by Gasteiger charge is -2.20. The molecule has 0 saturated heterocycles. The SMILES string of the molecule is COc1cc([C@H](C)O)cc(-c2cc([C@@H](C)O)cc(OC)c2OC)c1OC. The summed E-state index contributed by atoms with van der Waals surface area (Å²) in [6.07, 6.45) is -1.39. The van der Waals surface area contributed by atoms with Crippen LogP contribution >= 0.6 is 0 Å². The highest BCUT2D eigenvalue weighted by Gasteiger charge is 2.22. The van der Waals surface area contributed by atoms with E-state index < -0.39 is 12.2 Å². The summed E-state index contributed by atoms with van der Waals surface area (Å²) in [5.74, 6) is 1.98. The number of ether oxygens (including phenoxy) is 4. The summed E-state index contributed by atoms with van der Waals surface area (Å²) in [4.78, 5) is 0. The molecule has 0 spiro atoms. The number of hydrogen-bond donors (Lipinski definition) is 2. The smallest absolute Gasteiger partial charge is 0.168 e. The fraction of sp³-hybridized carbons (Fsp3) is 0.400. The highest BCUT2D eigenvalue weighted by atomic mass is 16.5. The quantitative estimate of drug-likeness (QED) is 0.785. The molecule has 142 valence electrons. The first-order valence-electron chi connectivity index (χ1n) is 8.26. The molecule has 0 fully saturated rings. The van der Waals surface area contributed by atoms with Gasteiger partial charge in [0.05, 0.1) is 40.6 Å². The molecule has 0 aliphatic heterocycles. The molecule has 2 aromatic rings. The third-order valence-electron chi connectivity index (χ3n) is 4.26. The summed E-state index contributed by atoms with van der Waals surface area (Å²) < 4.78 is 22.0. The summed E-state index contributed by atoms with van der Waals surface area (Å²) in [6, 6.07) is 7.09. The van der Waals surface area contributed by atoms with Crippen molar-refractivity contribution < 1.29 is 29.2 Å². The lowest BCUT2D eigenvalue weighted by atomic mass is 9.95. The second-order valence-electron chi connectivity index (χ2n) is 5.96. The Balaban J connectivity index is 2.89. The molecule has 0 radical (unpaired) electrons. The number of methoxy groups -OCH3 is 4. The van der Waals surface area contributed by atoms with Crippen molar-refractivity contribution in [2.24, 2.45) is 0 Å². The van der Waals surface area contributed by atoms with E-state index >= 15 is 0 Å². The zero-order valence-corrected chi connectivity index (χ0v) is 16.0. The van der Waals surface area contributed by atoms with E-state index in [1.165, 1.54) is 14.2 Å². The van der Waals surface area contributed by atoms with Gasteiger partial charge in [0.15, 0.2) is 23.0 Å². The van der Waals surface area contributed by atoms with Gasteiger partial charge < -0.3 is 29.2 Å².